The van der Waals surface area contributed by atoms with Gasteiger partial charge in [-0.05, 0) is 37.8 Å². The number of hydrogen-bond acceptors (Lipinski definition) is 1. The van der Waals surface area contributed by atoms with Gasteiger partial charge in [0, 0.05) is 0 Å². The highest BCUT2D eigenvalue weighted by atomic mass is 16.3. The molecule has 1 unspecified atom stereocenters. The van der Waals surface area contributed by atoms with E-state index in [1.54, 1.807) is 0 Å². The van der Waals surface area contributed by atoms with Gasteiger partial charge in [0.25, 0.3) is 0 Å². The third-order valence-electron chi connectivity index (χ3n) is 3.18. The summed E-state index contributed by atoms with van der Waals surface area (Å²) in [7, 11) is 0. The summed E-state index contributed by atoms with van der Waals surface area (Å²) in [4.78, 5) is 0. The first-order chi connectivity index (χ1) is 8.65. The summed E-state index contributed by atoms with van der Waals surface area (Å²) in [6.45, 7) is 4.14. The van der Waals surface area contributed by atoms with E-state index in [1.165, 1.54) is 16.7 Å². The van der Waals surface area contributed by atoms with Gasteiger partial charge in [0.1, 0.15) is 0 Å². The van der Waals surface area contributed by atoms with E-state index in [9.17, 15) is 5.11 Å². The van der Waals surface area contributed by atoms with Crippen LogP contribution in [0.2, 0.25) is 0 Å². The number of aliphatic hydroxyl groups excluding tert-OH is 1. The van der Waals surface area contributed by atoms with Crippen molar-refractivity contribution in [2.45, 2.75) is 32.8 Å². The molecule has 2 aromatic carbocycles. The highest BCUT2D eigenvalue weighted by Gasteiger charge is 2.08. The molecule has 0 aliphatic rings. The van der Waals surface area contributed by atoms with Crippen molar-refractivity contribution in [2.24, 2.45) is 0 Å². The van der Waals surface area contributed by atoms with Crippen molar-refractivity contribution in [3.8, 4) is 0 Å². The van der Waals surface area contributed by atoms with Gasteiger partial charge >= 0.3 is 0 Å². The molecule has 0 saturated carbocycles. The van der Waals surface area contributed by atoms with Gasteiger partial charge in [0.2, 0.25) is 0 Å². The predicted molar refractivity (Wildman–Crippen MR) is 75.6 cm³/mol. The van der Waals surface area contributed by atoms with Crippen LogP contribution in [0, 0.1) is 13.8 Å². The van der Waals surface area contributed by atoms with Gasteiger partial charge in [-0.15, -0.1) is 0 Å². The second kappa shape index (κ2) is 5.83. The Balaban J connectivity index is 2.01. The summed E-state index contributed by atoms with van der Waals surface area (Å²) >= 11 is 0. The molecule has 0 saturated heterocycles. The minimum absolute atomic E-state index is 0.371. The Morgan fingerprint density at radius 2 is 1.56 bits per heavy atom. The number of hydrogen-bond donors (Lipinski definition) is 1. The Labute approximate surface area is 109 Å². The molecule has 1 N–H and O–H groups in total. The molecular formula is C17H20O. The zero-order valence-electron chi connectivity index (χ0n) is 11.1. The molecule has 0 heterocycles. The Morgan fingerprint density at radius 1 is 0.944 bits per heavy atom. The lowest BCUT2D eigenvalue weighted by molar-refractivity contribution is 0.167. The lowest BCUT2D eigenvalue weighted by atomic mass is 9.98. The van der Waals surface area contributed by atoms with Crippen LogP contribution in [0.5, 0.6) is 0 Å². The van der Waals surface area contributed by atoms with E-state index in [0.29, 0.717) is 0 Å². The van der Waals surface area contributed by atoms with Crippen molar-refractivity contribution >= 4 is 0 Å². The van der Waals surface area contributed by atoms with Crippen molar-refractivity contribution in [1.82, 2.24) is 0 Å². The van der Waals surface area contributed by atoms with Gasteiger partial charge in [-0.3, -0.25) is 0 Å². The molecule has 0 fully saturated rings. The zero-order valence-corrected chi connectivity index (χ0v) is 11.1. The highest BCUT2D eigenvalue weighted by Crippen LogP contribution is 2.21. The molecule has 1 nitrogen and oxygen atoms in total. The molecule has 2 aromatic rings. The standard InChI is InChI=1S/C17H20O/c1-13-10-14(2)12-16(11-13)17(18)9-8-15-6-4-3-5-7-15/h3-7,10-12,17-18H,8-9H2,1-2H3. The molecule has 0 amide bonds. The van der Waals surface area contributed by atoms with Crippen LogP contribution in [-0.4, -0.2) is 5.11 Å². The number of rotatable bonds is 4. The van der Waals surface area contributed by atoms with Crippen LogP contribution in [0.1, 0.15) is 34.8 Å². The third kappa shape index (κ3) is 3.44. The molecule has 0 aliphatic carbocycles. The Hall–Kier alpha value is -1.60. The van der Waals surface area contributed by atoms with E-state index in [1.807, 2.05) is 18.2 Å². The lowest BCUT2D eigenvalue weighted by Crippen LogP contribution is -2.00. The lowest BCUT2D eigenvalue weighted by Gasteiger charge is -2.12. The van der Waals surface area contributed by atoms with Crippen molar-refractivity contribution in [2.75, 3.05) is 0 Å². The maximum absolute atomic E-state index is 10.2. The summed E-state index contributed by atoms with van der Waals surface area (Å²) in [5, 5.41) is 10.2. The fraction of sp³-hybridized carbons (Fsp3) is 0.294. The molecule has 2 rings (SSSR count). The van der Waals surface area contributed by atoms with E-state index in [4.69, 9.17) is 0 Å². The minimum atomic E-state index is -0.371. The number of aryl methyl sites for hydroxylation is 3. The molecule has 0 aliphatic heterocycles. The van der Waals surface area contributed by atoms with E-state index in [2.05, 4.69) is 44.2 Å². The Bertz CT molecular complexity index is 482. The largest absolute Gasteiger partial charge is 0.388 e. The van der Waals surface area contributed by atoms with E-state index in [0.717, 1.165) is 18.4 Å². The van der Waals surface area contributed by atoms with Gasteiger partial charge < -0.3 is 5.11 Å². The first-order valence-electron chi connectivity index (χ1n) is 6.45. The Kier molecular flexibility index (Phi) is 4.16. The summed E-state index contributed by atoms with van der Waals surface area (Å²) in [6, 6.07) is 16.6. The number of aliphatic hydroxyl groups is 1. The normalized spacial score (nSPS) is 12.4. The fourth-order valence-corrected chi connectivity index (χ4v) is 2.32. The van der Waals surface area contributed by atoms with Gasteiger partial charge in [0.05, 0.1) is 6.10 Å². The molecule has 0 aromatic heterocycles. The van der Waals surface area contributed by atoms with Gasteiger partial charge in [0.15, 0.2) is 0 Å². The summed E-state index contributed by atoms with van der Waals surface area (Å²) in [5.74, 6) is 0. The SMILES string of the molecule is Cc1cc(C)cc(C(O)CCc2ccccc2)c1. The minimum Gasteiger partial charge on any atom is -0.388 e. The Morgan fingerprint density at radius 3 is 2.17 bits per heavy atom. The van der Waals surface area contributed by atoms with Crippen molar-refractivity contribution in [3.05, 3.63) is 70.8 Å². The van der Waals surface area contributed by atoms with Gasteiger partial charge in [-0.2, -0.15) is 0 Å². The maximum Gasteiger partial charge on any atom is 0.0793 e. The predicted octanol–water partition coefficient (Wildman–Crippen LogP) is 3.97. The van der Waals surface area contributed by atoms with E-state index >= 15 is 0 Å². The quantitative estimate of drug-likeness (QED) is 0.857. The smallest absolute Gasteiger partial charge is 0.0793 e. The van der Waals surface area contributed by atoms with Crippen LogP contribution in [-0.2, 0) is 6.42 Å². The highest BCUT2D eigenvalue weighted by molar-refractivity contribution is 5.30. The fourth-order valence-electron chi connectivity index (χ4n) is 2.32. The monoisotopic (exact) mass is 240 g/mol. The van der Waals surface area contributed by atoms with Crippen LogP contribution in [0.25, 0.3) is 0 Å². The molecule has 0 radical (unpaired) electrons. The van der Waals surface area contributed by atoms with Crippen LogP contribution < -0.4 is 0 Å². The van der Waals surface area contributed by atoms with Crippen LogP contribution in [0.3, 0.4) is 0 Å². The van der Waals surface area contributed by atoms with Crippen molar-refractivity contribution in [1.29, 1.82) is 0 Å². The molecular weight excluding hydrogens is 220 g/mol. The summed E-state index contributed by atoms with van der Waals surface area (Å²) < 4.78 is 0. The zero-order chi connectivity index (χ0) is 13.0. The third-order valence-corrected chi connectivity index (χ3v) is 3.18. The van der Waals surface area contributed by atoms with Crippen molar-refractivity contribution in [3.63, 3.8) is 0 Å². The summed E-state index contributed by atoms with van der Waals surface area (Å²) in [6.07, 6.45) is 1.31. The topological polar surface area (TPSA) is 20.2 Å². The molecule has 1 atom stereocenters. The van der Waals surface area contributed by atoms with Crippen LogP contribution >= 0.6 is 0 Å². The first-order valence-corrected chi connectivity index (χ1v) is 6.45. The average Bonchev–Trinajstić information content (AvgIpc) is 2.36. The first kappa shape index (κ1) is 12.8. The molecule has 0 spiro atoms. The second-order valence-corrected chi connectivity index (χ2v) is 4.96. The van der Waals surface area contributed by atoms with E-state index < -0.39 is 0 Å². The van der Waals surface area contributed by atoms with Gasteiger partial charge in [-0.1, -0.05) is 59.7 Å². The number of benzene rings is 2. The average molecular weight is 240 g/mol. The van der Waals surface area contributed by atoms with Crippen LogP contribution in [0.15, 0.2) is 48.5 Å². The molecule has 1 heteroatoms. The maximum atomic E-state index is 10.2. The van der Waals surface area contributed by atoms with Gasteiger partial charge in [-0.25, -0.2) is 0 Å². The second-order valence-electron chi connectivity index (χ2n) is 4.96. The van der Waals surface area contributed by atoms with Crippen LogP contribution in [0.4, 0.5) is 0 Å². The molecule has 94 valence electrons. The van der Waals surface area contributed by atoms with Crippen molar-refractivity contribution < 1.29 is 5.11 Å². The van der Waals surface area contributed by atoms with E-state index in [-0.39, 0.29) is 6.10 Å². The molecule has 0 bridgehead atoms. The summed E-state index contributed by atoms with van der Waals surface area (Å²) in [5.41, 5.74) is 4.73. The molecule has 18 heavy (non-hydrogen) atoms.